The first-order chi connectivity index (χ1) is 14.6. The number of aromatic nitrogens is 7. The van der Waals surface area contributed by atoms with E-state index in [1.807, 2.05) is 43.3 Å². The molecule has 0 aliphatic rings. The molecule has 0 fully saturated rings. The second-order valence-electron chi connectivity index (χ2n) is 6.52. The Hall–Kier alpha value is -3.49. The zero-order valence-corrected chi connectivity index (χ0v) is 17.2. The highest BCUT2D eigenvalue weighted by molar-refractivity contribution is 6.35. The summed E-state index contributed by atoms with van der Waals surface area (Å²) in [6.45, 7) is 1.88. The van der Waals surface area contributed by atoms with Gasteiger partial charge in [-0.2, -0.15) is 14.9 Å². The molecule has 10 heteroatoms. The first-order valence-corrected chi connectivity index (χ1v) is 9.75. The summed E-state index contributed by atoms with van der Waals surface area (Å²) < 4.78 is 3.38. The van der Waals surface area contributed by atoms with Crippen molar-refractivity contribution in [3.8, 4) is 11.5 Å². The van der Waals surface area contributed by atoms with Crippen LogP contribution in [0.15, 0.2) is 61.2 Å². The van der Waals surface area contributed by atoms with Gasteiger partial charge in [0, 0.05) is 12.3 Å². The van der Waals surface area contributed by atoms with E-state index in [0.717, 1.165) is 16.8 Å². The molecule has 5 aromatic rings. The lowest BCUT2D eigenvalue weighted by molar-refractivity contribution is 0.839. The highest BCUT2D eigenvalue weighted by Crippen LogP contribution is 2.28. The van der Waals surface area contributed by atoms with Gasteiger partial charge in [-0.3, -0.25) is 0 Å². The average molecular weight is 437 g/mol. The number of hydrogen-bond acceptors (Lipinski definition) is 6. The van der Waals surface area contributed by atoms with Gasteiger partial charge in [0.1, 0.15) is 18.0 Å². The molecule has 148 valence electrons. The van der Waals surface area contributed by atoms with E-state index in [9.17, 15) is 0 Å². The number of fused-ring (bicyclic) bond motifs is 1. The van der Waals surface area contributed by atoms with E-state index >= 15 is 0 Å². The zero-order valence-electron chi connectivity index (χ0n) is 15.7. The van der Waals surface area contributed by atoms with Gasteiger partial charge in [-0.25, -0.2) is 19.6 Å². The number of nitrogens with zero attached hydrogens (tertiary/aromatic N) is 7. The minimum Gasteiger partial charge on any atom is -0.324 e. The molecule has 1 N–H and O–H groups in total. The molecule has 0 saturated carbocycles. The first kappa shape index (κ1) is 18.5. The van der Waals surface area contributed by atoms with Crippen molar-refractivity contribution in [2.75, 3.05) is 5.32 Å². The Morgan fingerprint density at radius 2 is 1.77 bits per heavy atom. The summed E-state index contributed by atoms with van der Waals surface area (Å²) in [5.74, 6) is 1.70. The fourth-order valence-corrected chi connectivity index (χ4v) is 3.60. The summed E-state index contributed by atoms with van der Waals surface area (Å²) in [5, 5.41) is 13.9. The van der Waals surface area contributed by atoms with Crippen LogP contribution in [0.5, 0.6) is 0 Å². The lowest BCUT2D eigenvalue weighted by atomic mass is 10.3. The standard InChI is InChI=1S/C20H14Cl2N8/c1-12-7-17(30(28-12)20-16(22)8-13(21)9-23-20)27-18-15-10-26-29(19(15)25-11-24-18)14-5-3-2-4-6-14/h2-11H,1H3,(H,24,25,27). The Balaban J connectivity index is 1.58. The Morgan fingerprint density at radius 3 is 2.57 bits per heavy atom. The van der Waals surface area contributed by atoms with Crippen LogP contribution in [-0.2, 0) is 0 Å². The minimum absolute atomic E-state index is 0.387. The van der Waals surface area contributed by atoms with Crippen molar-refractivity contribution in [1.82, 2.24) is 34.5 Å². The Labute approximate surface area is 181 Å². The number of aryl methyl sites for hydroxylation is 1. The molecule has 8 nitrogen and oxygen atoms in total. The maximum absolute atomic E-state index is 6.34. The monoisotopic (exact) mass is 436 g/mol. The number of hydrogen-bond donors (Lipinski definition) is 1. The molecule has 0 amide bonds. The third-order valence-electron chi connectivity index (χ3n) is 4.43. The number of rotatable bonds is 4. The van der Waals surface area contributed by atoms with Gasteiger partial charge in [0.2, 0.25) is 0 Å². The normalized spacial score (nSPS) is 11.2. The van der Waals surface area contributed by atoms with Crippen LogP contribution in [0.1, 0.15) is 5.69 Å². The molecule has 0 spiro atoms. The van der Waals surface area contributed by atoms with Gasteiger partial charge >= 0.3 is 0 Å². The third kappa shape index (κ3) is 3.26. The number of para-hydroxylation sites is 1. The maximum Gasteiger partial charge on any atom is 0.174 e. The second kappa shape index (κ2) is 7.40. The topological polar surface area (TPSA) is 86.3 Å². The Morgan fingerprint density at radius 1 is 0.933 bits per heavy atom. The van der Waals surface area contributed by atoms with Crippen LogP contribution < -0.4 is 5.32 Å². The molecular formula is C20H14Cl2N8. The van der Waals surface area contributed by atoms with Gasteiger partial charge in [-0.05, 0) is 25.1 Å². The zero-order chi connectivity index (χ0) is 20.7. The Bertz CT molecular complexity index is 1360. The van der Waals surface area contributed by atoms with E-state index < -0.39 is 0 Å². The highest BCUT2D eigenvalue weighted by Gasteiger charge is 2.16. The van der Waals surface area contributed by atoms with Gasteiger partial charge < -0.3 is 5.32 Å². The molecule has 0 atom stereocenters. The van der Waals surface area contributed by atoms with Crippen LogP contribution in [0.2, 0.25) is 10.0 Å². The lowest BCUT2D eigenvalue weighted by Gasteiger charge is -2.10. The molecule has 0 radical (unpaired) electrons. The third-order valence-corrected chi connectivity index (χ3v) is 4.92. The van der Waals surface area contributed by atoms with Crippen molar-refractivity contribution in [2.24, 2.45) is 0 Å². The number of halogens is 2. The van der Waals surface area contributed by atoms with E-state index in [-0.39, 0.29) is 0 Å². The van der Waals surface area contributed by atoms with Gasteiger partial charge in [-0.1, -0.05) is 41.4 Å². The van der Waals surface area contributed by atoms with Gasteiger partial charge in [0.15, 0.2) is 11.5 Å². The summed E-state index contributed by atoms with van der Waals surface area (Å²) >= 11 is 12.3. The van der Waals surface area contributed by atoms with E-state index in [2.05, 4.69) is 30.5 Å². The highest BCUT2D eigenvalue weighted by atomic mass is 35.5. The predicted molar refractivity (Wildman–Crippen MR) is 116 cm³/mol. The average Bonchev–Trinajstić information content (AvgIpc) is 3.33. The molecule has 0 aliphatic heterocycles. The van der Waals surface area contributed by atoms with E-state index in [1.165, 1.54) is 12.5 Å². The molecule has 1 aromatic carbocycles. The summed E-state index contributed by atoms with van der Waals surface area (Å²) in [5.41, 5.74) is 2.38. The summed E-state index contributed by atoms with van der Waals surface area (Å²) in [7, 11) is 0. The molecule has 30 heavy (non-hydrogen) atoms. The van der Waals surface area contributed by atoms with Crippen molar-refractivity contribution < 1.29 is 0 Å². The lowest BCUT2D eigenvalue weighted by Crippen LogP contribution is -2.06. The molecule has 5 rings (SSSR count). The van der Waals surface area contributed by atoms with Crippen molar-refractivity contribution in [1.29, 1.82) is 0 Å². The number of nitrogens with one attached hydrogen (secondary N) is 1. The minimum atomic E-state index is 0.387. The van der Waals surface area contributed by atoms with Gasteiger partial charge in [-0.15, -0.1) is 0 Å². The SMILES string of the molecule is Cc1cc(Nc2ncnc3c2cnn3-c2ccccc2)n(-c2ncc(Cl)cc2Cl)n1. The first-order valence-electron chi connectivity index (χ1n) is 8.99. The van der Waals surface area contributed by atoms with Crippen LogP contribution in [0.4, 0.5) is 11.6 Å². The van der Waals surface area contributed by atoms with Crippen LogP contribution in [-0.4, -0.2) is 34.5 Å². The van der Waals surface area contributed by atoms with Gasteiger partial charge in [0.05, 0.1) is 33.0 Å². The maximum atomic E-state index is 6.34. The van der Waals surface area contributed by atoms with Crippen molar-refractivity contribution in [3.63, 3.8) is 0 Å². The molecule has 4 aromatic heterocycles. The largest absolute Gasteiger partial charge is 0.324 e. The van der Waals surface area contributed by atoms with Crippen molar-refractivity contribution in [3.05, 3.63) is 76.9 Å². The van der Waals surface area contributed by atoms with Crippen LogP contribution in [0.3, 0.4) is 0 Å². The fraction of sp³-hybridized carbons (Fsp3) is 0.0500. The molecular weight excluding hydrogens is 423 g/mol. The second-order valence-corrected chi connectivity index (χ2v) is 7.36. The molecule has 0 bridgehead atoms. The number of pyridine rings is 1. The predicted octanol–water partition coefficient (Wildman–Crippen LogP) is 4.76. The summed E-state index contributed by atoms with van der Waals surface area (Å²) in [6, 6.07) is 13.3. The fourth-order valence-electron chi connectivity index (χ4n) is 3.14. The van der Waals surface area contributed by atoms with Gasteiger partial charge in [0.25, 0.3) is 0 Å². The summed E-state index contributed by atoms with van der Waals surface area (Å²) in [4.78, 5) is 13.1. The molecule has 4 heterocycles. The van der Waals surface area contributed by atoms with Crippen LogP contribution >= 0.6 is 23.2 Å². The van der Waals surface area contributed by atoms with Crippen LogP contribution in [0.25, 0.3) is 22.5 Å². The number of benzene rings is 1. The Kier molecular flexibility index (Phi) is 4.57. The quantitative estimate of drug-likeness (QED) is 0.437. The number of anilines is 2. The van der Waals surface area contributed by atoms with Crippen LogP contribution in [0, 0.1) is 6.92 Å². The molecule has 0 aliphatic carbocycles. The molecule has 0 saturated heterocycles. The van der Waals surface area contributed by atoms with E-state index in [1.54, 1.807) is 21.6 Å². The smallest absolute Gasteiger partial charge is 0.174 e. The van der Waals surface area contributed by atoms with Crippen molar-refractivity contribution in [2.45, 2.75) is 6.92 Å². The van der Waals surface area contributed by atoms with E-state index in [0.29, 0.717) is 33.1 Å². The van der Waals surface area contributed by atoms with Crippen molar-refractivity contribution >= 4 is 45.9 Å². The summed E-state index contributed by atoms with van der Waals surface area (Å²) in [6.07, 6.45) is 4.75. The van der Waals surface area contributed by atoms with E-state index in [4.69, 9.17) is 23.2 Å². The molecule has 0 unspecified atom stereocenters.